The quantitative estimate of drug-likeness (QED) is 0.444. The van der Waals surface area contributed by atoms with Crippen LogP contribution in [-0.2, 0) is 4.74 Å². The standard InChI is InChI=1S/C12H22NOSi/c1-3-4-5-11-15(2)12-7-10-14-9-6-8-13/h7,12H,3-6,9-11H2,1-2H3. The summed E-state index contributed by atoms with van der Waals surface area (Å²) in [6, 6.07) is 3.43. The van der Waals surface area contributed by atoms with Crippen LogP contribution in [0.1, 0.15) is 32.6 Å². The maximum atomic E-state index is 8.29. The average molecular weight is 224 g/mol. The van der Waals surface area contributed by atoms with Crippen molar-refractivity contribution in [1.82, 2.24) is 0 Å². The molecule has 85 valence electrons. The molecule has 0 atom stereocenters. The third kappa shape index (κ3) is 11.3. The normalized spacial score (nSPS) is 11.1. The number of unbranched alkanes of at least 4 members (excludes halogenated alkanes) is 2. The SMILES string of the molecule is CCCCC[Si](C)C=CCOCCC#N. The van der Waals surface area contributed by atoms with Crippen LogP contribution >= 0.6 is 0 Å². The summed E-state index contributed by atoms with van der Waals surface area (Å²) in [6.45, 7) is 5.80. The topological polar surface area (TPSA) is 33.0 Å². The Morgan fingerprint density at radius 2 is 2.20 bits per heavy atom. The van der Waals surface area contributed by atoms with Crippen LogP contribution in [0.2, 0.25) is 12.6 Å². The maximum Gasteiger partial charge on any atom is 0.0722 e. The fourth-order valence-corrected chi connectivity index (χ4v) is 2.73. The van der Waals surface area contributed by atoms with Crippen molar-refractivity contribution in [2.75, 3.05) is 13.2 Å². The van der Waals surface area contributed by atoms with E-state index in [1.165, 1.54) is 25.3 Å². The van der Waals surface area contributed by atoms with E-state index in [0.717, 1.165) is 0 Å². The molecule has 0 saturated carbocycles. The van der Waals surface area contributed by atoms with Gasteiger partial charge in [0.05, 0.1) is 34.5 Å². The first kappa shape index (κ1) is 14.4. The molecule has 0 aliphatic rings. The van der Waals surface area contributed by atoms with Crippen LogP contribution in [0.3, 0.4) is 0 Å². The minimum absolute atomic E-state index is 0.280. The van der Waals surface area contributed by atoms with Crippen LogP contribution in [0.4, 0.5) is 0 Å². The molecule has 1 radical (unpaired) electrons. The van der Waals surface area contributed by atoms with Crippen molar-refractivity contribution < 1.29 is 4.74 Å². The average Bonchev–Trinajstić information content (AvgIpc) is 2.23. The zero-order chi connectivity index (χ0) is 11.4. The molecular formula is C12H22NOSi. The van der Waals surface area contributed by atoms with Gasteiger partial charge in [0.2, 0.25) is 0 Å². The molecule has 0 spiro atoms. The predicted octanol–water partition coefficient (Wildman–Crippen LogP) is 3.33. The van der Waals surface area contributed by atoms with Gasteiger partial charge in [0.15, 0.2) is 0 Å². The number of rotatable bonds is 9. The van der Waals surface area contributed by atoms with Crippen molar-refractivity contribution in [3.05, 3.63) is 11.8 Å². The summed E-state index contributed by atoms with van der Waals surface area (Å²) in [5, 5.41) is 8.29. The van der Waals surface area contributed by atoms with Gasteiger partial charge in [0.1, 0.15) is 0 Å². The summed E-state index contributed by atoms with van der Waals surface area (Å²) in [5.41, 5.74) is 2.31. The van der Waals surface area contributed by atoms with Gasteiger partial charge in [-0.3, -0.25) is 0 Å². The van der Waals surface area contributed by atoms with Crippen LogP contribution in [0.25, 0.3) is 0 Å². The van der Waals surface area contributed by atoms with E-state index >= 15 is 0 Å². The third-order valence-corrected chi connectivity index (χ3v) is 4.10. The first-order valence-corrected chi connectivity index (χ1v) is 8.03. The van der Waals surface area contributed by atoms with E-state index in [1.807, 2.05) is 0 Å². The highest BCUT2D eigenvalue weighted by atomic mass is 28.3. The lowest BCUT2D eigenvalue weighted by Crippen LogP contribution is -2.03. The monoisotopic (exact) mass is 224 g/mol. The van der Waals surface area contributed by atoms with Crippen LogP contribution in [0.15, 0.2) is 11.8 Å². The Labute approximate surface area is 95.5 Å². The zero-order valence-electron chi connectivity index (χ0n) is 9.96. The maximum absolute atomic E-state index is 8.29. The molecule has 0 N–H and O–H groups in total. The fourth-order valence-electron chi connectivity index (χ4n) is 1.26. The molecule has 0 heterocycles. The Morgan fingerprint density at radius 1 is 1.40 bits per heavy atom. The van der Waals surface area contributed by atoms with Crippen molar-refractivity contribution in [3.63, 3.8) is 0 Å². The Hall–Kier alpha value is -0.593. The van der Waals surface area contributed by atoms with E-state index in [-0.39, 0.29) is 8.80 Å². The van der Waals surface area contributed by atoms with Crippen LogP contribution < -0.4 is 0 Å². The molecule has 2 nitrogen and oxygen atoms in total. The number of nitriles is 1. The zero-order valence-corrected chi connectivity index (χ0v) is 11.0. The van der Waals surface area contributed by atoms with E-state index in [2.05, 4.69) is 31.3 Å². The second kappa shape index (κ2) is 11.5. The lowest BCUT2D eigenvalue weighted by molar-refractivity contribution is 0.168. The molecule has 0 saturated heterocycles. The van der Waals surface area contributed by atoms with E-state index in [9.17, 15) is 0 Å². The van der Waals surface area contributed by atoms with E-state index in [0.29, 0.717) is 19.6 Å². The molecular weight excluding hydrogens is 202 g/mol. The van der Waals surface area contributed by atoms with Crippen molar-refractivity contribution in [3.8, 4) is 6.07 Å². The van der Waals surface area contributed by atoms with Gasteiger partial charge in [-0.25, -0.2) is 0 Å². The minimum atomic E-state index is -0.280. The van der Waals surface area contributed by atoms with Crippen molar-refractivity contribution in [2.45, 2.75) is 45.2 Å². The number of ether oxygens (including phenoxy) is 1. The minimum Gasteiger partial charge on any atom is -0.376 e. The largest absolute Gasteiger partial charge is 0.376 e. The van der Waals surface area contributed by atoms with Crippen LogP contribution in [-0.4, -0.2) is 22.0 Å². The molecule has 0 rings (SSSR count). The van der Waals surface area contributed by atoms with E-state index < -0.39 is 0 Å². The van der Waals surface area contributed by atoms with Crippen LogP contribution in [0, 0.1) is 11.3 Å². The van der Waals surface area contributed by atoms with Gasteiger partial charge >= 0.3 is 0 Å². The Balaban J connectivity index is 3.30. The lowest BCUT2D eigenvalue weighted by atomic mass is 10.3. The number of hydrogen-bond acceptors (Lipinski definition) is 2. The first-order valence-electron chi connectivity index (χ1n) is 5.75. The molecule has 0 aliphatic heterocycles. The van der Waals surface area contributed by atoms with Crippen LogP contribution in [0.5, 0.6) is 0 Å². The number of hydrogen-bond donors (Lipinski definition) is 0. The van der Waals surface area contributed by atoms with Crippen molar-refractivity contribution in [1.29, 1.82) is 5.26 Å². The van der Waals surface area contributed by atoms with Gasteiger partial charge < -0.3 is 4.74 Å². The third-order valence-electron chi connectivity index (χ3n) is 2.15. The molecule has 0 aromatic heterocycles. The first-order chi connectivity index (χ1) is 7.31. The molecule has 3 heteroatoms. The summed E-state index contributed by atoms with van der Waals surface area (Å²) in [5.74, 6) is 0. The molecule has 0 aromatic rings. The Bertz CT molecular complexity index is 198. The highest BCUT2D eigenvalue weighted by molar-refractivity contribution is 6.62. The lowest BCUT2D eigenvalue weighted by Gasteiger charge is -2.02. The van der Waals surface area contributed by atoms with Gasteiger partial charge in [-0.05, 0) is 0 Å². The molecule has 0 aromatic carbocycles. The molecule has 0 fully saturated rings. The molecule has 15 heavy (non-hydrogen) atoms. The molecule has 0 bridgehead atoms. The summed E-state index contributed by atoms with van der Waals surface area (Å²) in [6.07, 6.45) is 6.62. The van der Waals surface area contributed by atoms with Gasteiger partial charge in [-0.2, -0.15) is 5.26 Å². The Morgan fingerprint density at radius 3 is 2.87 bits per heavy atom. The summed E-state index contributed by atoms with van der Waals surface area (Å²) in [7, 11) is -0.280. The van der Waals surface area contributed by atoms with Gasteiger partial charge in [-0.15, -0.1) is 0 Å². The molecule has 0 unspecified atom stereocenters. The highest BCUT2D eigenvalue weighted by Crippen LogP contribution is 2.04. The second-order valence-electron chi connectivity index (χ2n) is 3.69. The summed E-state index contributed by atoms with van der Waals surface area (Å²) >= 11 is 0. The Kier molecular flexibility index (Phi) is 11.0. The van der Waals surface area contributed by atoms with Gasteiger partial charge in [0, 0.05) is 0 Å². The molecule has 0 aliphatic carbocycles. The van der Waals surface area contributed by atoms with Crippen molar-refractivity contribution in [2.24, 2.45) is 0 Å². The summed E-state index contributed by atoms with van der Waals surface area (Å²) < 4.78 is 5.26. The number of nitrogens with zero attached hydrogens (tertiary/aromatic N) is 1. The van der Waals surface area contributed by atoms with E-state index in [4.69, 9.17) is 10.00 Å². The highest BCUT2D eigenvalue weighted by Gasteiger charge is 1.97. The van der Waals surface area contributed by atoms with Crippen molar-refractivity contribution >= 4 is 8.80 Å². The smallest absolute Gasteiger partial charge is 0.0722 e. The van der Waals surface area contributed by atoms with Gasteiger partial charge in [0.25, 0.3) is 0 Å². The summed E-state index contributed by atoms with van der Waals surface area (Å²) in [4.78, 5) is 0. The van der Waals surface area contributed by atoms with E-state index in [1.54, 1.807) is 0 Å². The second-order valence-corrected chi connectivity index (χ2v) is 6.21. The molecule has 0 amide bonds. The predicted molar refractivity (Wildman–Crippen MR) is 66.1 cm³/mol. The fraction of sp³-hybridized carbons (Fsp3) is 0.750. The van der Waals surface area contributed by atoms with Gasteiger partial charge in [-0.1, -0.05) is 50.6 Å².